The molecule has 1 aliphatic rings. The van der Waals surface area contributed by atoms with Crippen LogP contribution in [0.5, 0.6) is 0 Å². The zero-order valence-electron chi connectivity index (χ0n) is 11.8. The normalized spacial score (nSPS) is 18.3. The molecule has 1 atom stereocenters. The van der Waals surface area contributed by atoms with Gasteiger partial charge < -0.3 is 0 Å². The first kappa shape index (κ1) is 14.7. The molecular formula is C18H18OS2. The van der Waals surface area contributed by atoms with Crippen molar-refractivity contribution in [1.29, 1.82) is 0 Å². The first-order chi connectivity index (χ1) is 10.3. The van der Waals surface area contributed by atoms with Crippen LogP contribution >= 0.6 is 23.5 Å². The van der Waals surface area contributed by atoms with Gasteiger partial charge in [0.1, 0.15) is 5.78 Å². The van der Waals surface area contributed by atoms with Crippen LogP contribution in [0.1, 0.15) is 19.3 Å². The molecule has 0 bridgehead atoms. The van der Waals surface area contributed by atoms with E-state index in [-0.39, 0.29) is 0 Å². The molecule has 0 radical (unpaired) electrons. The predicted octanol–water partition coefficient (Wildman–Crippen LogP) is 5.27. The topological polar surface area (TPSA) is 17.1 Å². The number of rotatable bonds is 5. The third-order valence-corrected chi connectivity index (χ3v) is 6.56. The Morgan fingerprint density at radius 3 is 1.81 bits per heavy atom. The maximum Gasteiger partial charge on any atom is 0.133 e. The Hall–Kier alpha value is -1.19. The van der Waals surface area contributed by atoms with Gasteiger partial charge >= 0.3 is 0 Å². The average molecular weight is 314 g/mol. The van der Waals surface area contributed by atoms with Gasteiger partial charge in [-0.05, 0) is 36.6 Å². The zero-order chi connectivity index (χ0) is 14.5. The fourth-order valence-corrected chi connectivity index (χ4v) is 5.43. The van der Waals surface area contributed by atoms with Crippen LogP contribution in [0.2, 0.25) is 0 Å². The standard InChI is InChI=1S/C18H18OS2/c19-15-12-11-14(13-15)18(20-16-7-3-1-4-8-16)21-17-9-5-2-6-10-17/h1-10,14,18H,11-13H2. The minimum absolute atomic E-state index is 0.404. The Kier molecular flexibility index (Phi) is 5.04. The third-order valence-electron chi connectivity index (χ3n) is 3.66. The Morgan fingerprint density at radius 1 is 0.857 bits per heavy atom. The summed E-state index contributed by atoms with van der Waals surface area (Å²) in [6.07, 6.45) is 2.53. The van der Waals surface area contributed by atoms with Crippen LogP contribution in [0.15, 0.2) is 70.5 Å². The van der Waals surface area contributed by atoms with Gasteiger partial charge in [-0.2, -0.15) is 0 Å². The minimum Gasteiger partial charge on any atom is -0.300 e. The Labute approximate surface area is 134 Å². The van der Waals surface area contributed by atoms with Crippen molar-refractivity contribution in [3.63, 3.8) is 0 Å². The van der Waals surface area contributed by atoms with Gasteiger partial charge in [-0.15, -0.1) is 23.5 Å². The number of ketones is 1. The molecule has 0 aliphatic heterocycles. The molecule has 0 N–H and O–H groups in total. The molecule has 0 aromatic heterocycles. The lowest BCUT2D eigenvalue weighted by Crippen LogP contribution is -2.11. The van der Waals surface area contributed by atoms with Crippen molar-refractivity contribution in [2.24, 2.45) is 5.92 Å². The van der Waals surface area contributed by atoms with Crippen molar-refractivity contribution in [1.82, 2.24) is 0 Å². The minimum atomic E-state index is 0.404. The Morgan fingerprint density at radius 2 is 1.38 bits per heavy atom. The summed E-state index contributed by atoms with van der Waals surface area (Å²) in [6.45, 7) is 0. The summed E-state index contributed by atoms with van der Waals surface area (Å²) in [5.74, 6) is 0.903. The molecule has 1 nitrogen and oxygen atoms in total. The zero-order valence-corrected chi connectivity index (χ0v) is 13.4. The average Bonchev–Trinajstić information content (AvgIpc) is 2.95. The highest BCUT2D eigenvalue weighted by molar-refractivity contribution is 8.17. The number of hydrogen-bond donors (Lipinski definition) is 0. The van der Waals surface area contributed by atoms with Gasteiger partial charge in [0.05, 0.1) is 4.58 Å². The number of Topliss-reactive ketones (excluding diaryl/α,β-unsaturated/α-hetero) is 1. The van der Waals surface area contributed by atoms with Crippen LogP contribution in [-0.4, -0.2) is 10.4 Å². The summed E-state index contributed by atoms with van der Waals surface area (Å²) in [5.41, 5.74) is 0. The van der Waals surface area contributed by atoms with Crippen LogP contribution in [0, 0.1) is 5.92 Å². The van der Waals surface area contributed by atoms with Crippen molar-refractivity contribution in [3.8, 4) is 0 Å². The van der Waals surface area contributed by atoms with Gasteiger partial charge in [0.2, 0.25) is 0 Å². The second-order valence-electron chi connectivity index (χ2n) is 5.27. The van der Waals surface area contributed by atoms with E-state index < -0.39 is 0 Å². The first-order valence-corrected chi connectivity index (χ1v) is 9.02. The highest BCUT2D eigenvalue weighted by Crippen LogP contribution is 2.44. The molecule has 21 heavy (non-hydrogen) atoms. The maximum absolute atomic E-state index is 11.6. The second kappa shape index (κ2) is 7.19. The number of hydrogen-bond acceptors (Lipinski definition) is 3. The molecule has 0 amide bonds. The fraction of sp³-hybridized carbons (Fsp3) is 0.278. The summed E-state index contributed by atoms with van der Waals surface area (Å²) in [4.78, 5) is 14.2. The SMILES string of the molecule is O=C1CCC(C(Sc2ccccc2)Sc2ccccc2)C1. The summed E-state index contributed by atoms with van der Waals surface area (Å²) in [5, 5.41) is 0. The molecular weight excluding hydrogens is 296 g/mol. The first-order valence-electron chi connectivity index (χ1n) is 7.26. The number of carbonyl (C=O) groups excluding carboxylic acids is 1. The van der Waals surface area contributed by atoms with E-state index in [4.69, 9.17) is 0 Å². The maximum atomic E-state index is 11.6. The molecule has 0 spiro atoms. The van der Waals surface area contributed by atoms with E-state index >= 15 is 0 Å². The molecule has 2 aromatic rings. The summed E-state index contributed by atoms with van der Waals surface area (Å²) in [6, 6.07) is 21.0. The Bertz CT molecular complexity index is 541. The monoisotopic (exact) mass is 314 g/mol. The van der Waals surface area contributed by atoms with Crippen molar-refractivity contribution in [3.05, 3.63) is 60.7 Å². The molecule has 3 rings (SSSR count). The lowest BCUT2D eigenvalue weighted by atomic mass is 10.1. The largest absolute Gasteiger partial charge is 0.300 e. The van der Waals surface area contributed by atoms with Crippen molar-refractivity contribution >= 4 is 29.3 Å². The van der Waals surface area contributed by atoms with Crippen LogP contribution in [0.4, 0.5) is 0 Å². The smallest absolute Gasteiger partial charge is 0.133 e. The predicted molar refractivity (Wildman–Crippen MR) is 90.7 cm³/mol. The van der Waals surface area contributed by atoms with Gasteiger partial charge in [-0.1, -0.05) is 36.4 Å². The quantitative estimate of drug-likeness (QED) is 0.553. The van der Waals surface area contributed by atoms with Crippen LogP contribution in [0.25, 0.3) is 0 Å². The molecule has 3 heteroatoms. The van der Waals surface area contributed by atoms with Gasteiger partial charge in [0.15, 0.2) is 0 Å². The Balaban J connectivity index is 1.76. The van der Waals surface area contributed by atoms with Crippen LogP contribution in [-0.2, 0) is 4.79 Å². The summed E-state index contributed by atoms with van der Waals surface area (Å²) < 4.78 is 0.404. The van der Waals surface area contributed by atoms with E-state index in [0.717, 1.165) is 19.3 Å². The van der Waals surface area contributed by atoms with Crippen LogP contribution < -0.4 is 0 Å². The summed E-state index contributed by atoms with van der Waals surface area (Å²) >= 11 is 3.79. The molecule has 2 aromatic carbocycles. The van der Waals surface area contributed by atoms with Crippen molar-refractivity contribution in [2.75, 3.05) is 0 Å². The second-order valence-corrected chi connectivity index (χ2v) is 8.00. The van der Waals surface area contributed by atoms with E-state index in [2.05, 4.69) is 48.5 Å². The van der Waals surface area contributed by atoms with Gasteiger partial charge in [0, 0.05) is 22.6 Å². The highest BCUT2D eigenvalue weighted by atomic mass is 32.2. The van der Waals surface area contributed by atoms with E-state index in [1.54, 1.807) is 0 Å². The van der Waals surface area contributed by atoms with Crippen molar-refractivity contribution < 1.29 is 4.79 Å². The van der Waals surface area contributed by atoms with Crippen molar-refractivity contribution in [2.45, 2.75) is 33.6 Å². The fourth-order valence-electron chi connectivity index (χ4n) is 2.56. The van der Waals surface area contributed by atoms with Gasteiger partial charge in [-0.25, -0.2) is 0 Å². The number of thioether (sulfide) groups is 2. The molecule has 108 valence electrons. The molecule has 1 fully saturated rings. The lowest BCUT2D eigenvalue weighted by Gasteiger charge is -2.22. The van der Waals surface area contributed by atoms with E-state index in [1.165, 1.54) is 9.79 Å². The molecule has 1 aliphatic carbocycles. The third kappa shape index (κ3) is 4.14. The van der Waals surface area contributed by atoms with E-state index in [9.17, 15) is 4.79 Å². The summed E-state index contributed by atoms with van der Waals surface area (Å²) in [7, 11) is 0. The van der Waals surface area contributed by atoms with E-state index in [0.29, 0.717) is 16.3 Å². The molecule has 1 unspecified atom stereocenters. The number of carbonyl (C=O) groups is 1. The van der Waals surface area contributed by atoms with Gasteiger partial charge in [-0.3, -0.25) is 4.79 Å². The number of benzene rings is 2. The van der Waals surface area contributed by atoms with Crippen LogP contribution in [0.3, 0.4) is 0 Å². The molecule has 1 saturated carbocycles. The highest BCUT2D eigenvalue weighted by Gasteiger charge is 2.30. The molecule has 0 saturated heterocycles. The lowest BCUT2D eigenvalue weighted by molar-refractivity contribution is -0.117. The molecule has 0 heterocycles. The van der Waals surface area contributed by atoms with Gasteiger partial charge in [0.25, 0.3) is 0 Å². The van der Waals surface area contributed by atoms with E-state index in [1.807, 2.05) is 35.7 Å².